The fraction of sp³-hybridized carbons (Fsp3) is 0.600. The summed E-state index contributed by atoms with van der Waals surface area (Å²) in [6.45, 7) is 7.59. The Labute approximate surface area is 105 Å². The van der Waals surface area contributed by atoms with E-state index in [0.717, 1.165) is 25.6 Å². The van der Waals surface area contributed by atoms with E-state index in [-0.39, 0.29) is 5.54 Å². The Kier molecular flexibility index (Phi) is 3.85. The molecule has 2 N–H and O–H groups in total. The van der Waals surface area contributed by atoms with Crippen LogP contribution in [0.25, 0.3) is 0 Å². The normalized spacial score (nSPS) is 27.4. The molecule has 2 atom stereocenters. The Morgan fingerprint density at radius 3 is 2.53 bits per heavy atom. The van der Waals surface area contributed by atoms with Gasteiger partial charge in [-0.1, -0.05) is 50.6 Å². The van der Waals surface area contributed by atoms with Crippen LogP contribution in [0.2, 0.25) is 0 Å². The van der Waals surface area contributed by atoms with Crippen LogP contribution in [0.5, 0.6) is 0 Å². The first-order valence-electron chi connectivity index (χ1n) is 6.73. The fourth-order valence-electron chi connectivity index (χ4n) is 2.68. The highest BCUT2D eigenvalue weighted by Gasteiger charge is 2.49. The molecule has 2 nitrogen and oxygen atoms in total. The summed E-state index contributed by atoms with van der Waals surface area (Å²) in [5, 5.41) is 0. The molecule has 0 heterocycles. The average Bonchev–Trinajstić information content (AvgIpc) is 3.00. The van der Waals surface area contributed by atoms with Crippen LogP contribution < -0.4 is 5.73 Å². The number of nitrogens with two attached hydrogens (primary N) is 1. The first kappa shape index (κ1) is 12.6. The lowest BCUT2D eigenvalue weighted by Gasteiger charge is -2.25. The van der Waals surface area contributed by atoms with Gasteiger partial charge in [0.2, 0.25) is 0 Å². The van der Waals surface area contributed by atoms with Crippen LogP contribution in [0.3, 0.4) is 0 Å². The van der Waals surface area contributed by atoms with E-state index in [1.807, 2.05) is 0 Å². The standard InChI is InChI=1S/C15H24N2/c1-3-14-10-15(14,16)12-17(4-2)11-13-8-6-5-7-9-13/h5-9,14H,3-4,10-12,16H2,1-2H3/t14-,15+/m1/s1. The van der Waals surface area contributed by atoms with E-state index in [9.17, 15) is 0 Å². The van der Waals surface area contributed by atoms with Gasteiger partial charge >= 0.3 is 0 Å². The zero-order valence-corrected chi connectivity index (χ0v) is 11.0. The van der Waals surface area contributed by atoms with E-state index < -0.39 is 0 Å². The summed E-state index contributed by atoms with van der Waals surface area (Å²) >= 11 is 0. The van der Waals surface area contributed by atoms with Crippen molar-refractivity contribution in [2.75, 3.05) is 13.1 Å². The largest absolute Gasteiger partial charge is 0.324 e. The van der Waals surface area contributed by atoms with Crippen molar-refractivity contribution < 1.29 is 0 Å². The predicted molar refractivity (Wildman–Crippen MR) is 72.7 cm³/mol. The number of rotatable bonds is 6. The number of benzene rings is 1. The van der Waals surface area contributed by atoms with E-state index in [1.165, 1.54) is 18.4 Å². The van der Waals surface area contributed by atoms with Gasteiger partial charge in [-0.25, -0.2) is 0 Å². The van der Waals surface area contributed by atoms with E-state index >= 15 is 0 Å². The Balaban J connectivity index is 1.90. The lowest BCUT2D eigenvalue weighted by Crippen LogP contribution is -2.40. The van der Waals surface area contributed by atoms with Crippen molar-refractivity contribution in [3.63, 3.8) is 0 Å². The first-order valence-corrected chi connectivity index (χ1v) is 6.73. The van der Waals surface area contributed by atoms with Crippen LogP contribution in [0.15, 0.2) is 30.3 Å². The average molecular weight is 232 g/mol. The van der Waals surface area contributed by atoms with Gasteiger partial charge in [0, 0.05) is 18.6 Å². The molecular formula is C15H24N2. The van der Waals surface area contributed by atoms with Gasteiger partial charge in [-0.2, -0.15) is 0 Å². The lowest BCUT2D eigenvalue weighted by molar-refractivity contribution is 0.247. The second kappa shape index (κ2) is 5.19. The molecule has 0 bridgehead atoms. The minimum absolute atomic E-state index is 0.0968. The molecular weight excluding hydrogens is 208 g/mol. The van der Waals surface area contributed by atoms with Crippen molar-refractivity contribution in [1.82, 2.24) is 4.90 Å². The molecule has 0 aliphatic heterocycles. The van der Waals surface area contributed by atoms with E-state index in [2.05, 4.69) is 49.1 Å². The summed E-state index contributed by atoms with van der Waals surface area (Å²) < 4.78 is 0. The second-order valence-corrected chi connectivity index (χ2v) is 5.33. The van der Waals surface area contributed by atoms with Crippen LogP contribution in [-0.2, 0) is 6.54 Å². The molecule has 2 rings (SSSR count). The summed E-state index contributed by atoms with van der Waals surface area (Å²) in [7, 11) is 0. The highest BCUT2D eigenvalue weighted by Crippen LogP contribution is 2.43. The number of nitrogens with zero attached hydrogens (tertiary/aromatic N) is 1. The van der Waals surface area contributed by atoms with Crippen molar-refractivity contribution in [1.29, 1.82) is 0 Å². The zero-order valence-electron chi connectivity index (χ0n) is 11.0. The molecule has 0 saturated heterocycles. The maximum Gasteiger partial charge on any atom is 0.0316 e. The van der Waals surface area contributed by atoms with Gasteiger partial charge in [-0.05, 0) is 24.4 Å². The van der Waals surface area contributed by atoms with Gasteiger partial charge < -0.3 is 5.73 Å². The minimum Gasteiger partial charge on any atom is -0.324 e. The Hall–Kier alpha value is -0.860. The number of hydrogen-bond acceptors (Lipinski definition) is 2. The maximum absolute atomic E-state index is 6.39. The predicted octanol–water partition coefficient (Wildman–Crippen LogP) is 2.64. The minimum atomic E-state index is 0.0968. The van der Waals surface area contributed by atoms with Gasteiger partial charge in [0.15, 0.2) is 0 Å². The zero-order chi connectivity index (χ0) is 12.3. The van der Waals surface area contributed by atoms with Gasteiger partial charge in [-0.3, -0.25) is 4.90 Å². The van der Waals surface area contributed by atoms with Gasteiger partial charge in [0.25, 0.3) is 0 Å². The molecule has 1 fully saturated rings. The van der Waals surface area contributed by atoms with Crippen LogP contribution in [0.1, 0.15) is 32.3 Å². The van der Waals surface area contributed by atoms with Crippen molar-refractivity contribution in [3.8, 4) is 0 Å². The molecule has 17 heavy (non-hydrogen) atoms. The number of hydrogen-bond donors (Lipinski definition) is 1. The van der Waals surface area contributed by atoms with E-state index in [1.54, 1.807) is 0 Å². The summed E-state index contributed by atoms with van der Waals surface area (Å²) in [6, 6.07) is 10.7. The van der Waals surface area contributed by atoms with E-state index in [0.29, 0.717) is 0 Å². The highest BCUT2D eigenvalue weighted by molar-refractivity contribution is 5.15. The molecule has 0 aromatic heterocycles. The molecule has 1 saturated carbocycles. The third-order valence-electron chi connectivity index (χ3n) is 3.99. The number of likely N-dealkylation sites (N-methyl/N-ethyl adjacent to an activating group) is 1. The molecule has 0 spiro atoms. The summed E-state index contributed by atoms with van der Waals surface area (Å²) in [5.74, 6) is 0.743. The van der Waals surface area contributed by atoms with Crippen LogP contribution in [-0.4, -0.2) is 23.5 Å². The Morgan fingerprint density at radius 2 is 2.00 bits per heavy atom. The molecule has 0 radical (unpaired) electrons. The SMILES string of the molecule is CC[C@@H]1C[C@]1(N)CN(CC)Cc1ccccc1. The molecule has 1 aromatic rings. The van der Waals surface area contributed by atoms with Crippen LogP contribution >= 0.6 is 0 Å². The Morgan fingerprint density at radius 1 is 1.29 bits per heavy atom. The van der Waals surface area contributed by atoms with Crippen molar-refractivity contribution >= 4 is 0 Å². The van der Waals surface area contributed by atoms with Crippen LogP contribution in [0.4, 0.5) is 0 Å². The summed E-state index contributed by atoms with van der Waals surface area (Å²) in [6.07, 6.45) is 2.42. The quantitative estimate of drug-likeness (QED) is 0.817. The van der Waals surface area contributed by atoms with Crippen molar-refractivity contribution in [2.24, 2.45) is 11.7 Å². The highest BCUT2D eigenvalue weighted by atomic mass is 15.2. The topological polar surface area (TPSA) is 29.3 Å². The molecule has 0 amide bonds. The monoisotopic (exact) mass is 232 g/mol. The second-order valence-electron chi connectivity index (χ2n) is 5.33. The molecule has 2 heteroatoms. The molecule has 0 unspecified atom stereocenters. The Bertz CT molecular complexity index is 349. The van der Waals surface area contributed by atoms with Gasteiger partial charge in [0.05, 0.1) is 0 Å². The maximum atomic E-state index is 6.39. The smallest absolute Gasteiger partial charge is 0.0316 e. The molecule has 1 aromatic carbocycles. The van der Waals surface area contributed by atoms with E-state index in [4.69, 9.17) is 5.73 Å². The molecule has 94 valence electrons. The summed E-state index contributed by atoms with van der Waals surface area (Å²) in [5.41, 5.74) is 7.87. The van der Waals surface area contributed by atoms with Gasteiger partial charge in [-0.15, -0.1) is 0 Å². The van der Waals surface area contributed by atoms with Gasteiger partial charge in [0.1, 0.15) is 0 Å². The lowest BCUT2D eigenvalue weighted by atomic mass is 10.1. The molecule has 1 aliphatic rings. The van der Waals surface area contributed by atoms with Crippen molar-refractivity contribution in [2.45, 2.75) is 38.8 Å². The third-order valence-corrected chi connectivity index (χ3v) is 3.99. The third kappa shape index (κ3) is 3.08. The first-order chi connectivity index (χ1) is 8.18. The van der Waals surface area contributed by atoms with Crippen molar-refractivity contribution in [3.05, 3.63) is 35.9 Å². The molecule has 1 aliphatic carbocycles. The fourth-order valence-corrected chi connectivity index (χ4v) is 2.68. The summed E-state index contributed by atoms with van der Waals surface area (Å²) in [4.78, 5) is 2.46. The van der Waals surface area contributed by atoms with Crippen LogP contribution in [0, 0.1) is 5.92 Å².